The van der Waals surface area contributed by atoms with Gasteiger partial charge >= 0.3 is 0 Å². The van der Waals surface area contributed by atoms with Gasteiger partial charge in [0, 0.05) is 10.9 Å². The Kier molecular flexibility index (Phi) is 23.9. The standard InChI is InChI=1S/C26H51BrO.C2H7N/c1-2-3-4-5-6-7-8-9-10-11-12-13-14-15-16-18-22-26(27)23-19-17-20-25(26)21-24-28;1-3-2/h25,28H,2-24H2,1H3;3H,1-2H3. The molecule has 0 amide bonds. The van der Waals surface area contributed by atoms with Crippen molar-refractivity contribution in [2.24, 2.45) is 5.92 Å². The van der Waals surface area contributed by atoms with Crippen molar-refractivity contribution in [2.75, 3.05) is 20.7 Å². The van der Waals surface area contributed by atoms with Gasteiger partial charge in [0.2, 0.25) is 0 Å². The summed E-state index contributed by atoms with van der Waals surface area (Å²) in [7, 11) is 3.75. The molecule has 1 fully saturated rings. The summed E-state index contributed by atoms with van der Waals surface area (Å²) in [6.45, 7) is 2.65. The third-order valence-corrected chi connectivity index (χ3v) is 8.49. The van der Waals surface area contributed by atoms with Crippen molar-refractivity contribution in [1.29, 1.82) is 0 Å². The Morgan fingerprint density at radius 2 is 1.16 bits per heavy atom. The lowest BCUT2D eigenvalue weighted by Gasteiger charge is -2.40. The predicted molar refractivity (Wildman–Crippen MR) is 144 cm³/mol. The van der Waals surface area contributed by atoms with E-state index in [2.05, 4.69) is 28.2 Å². The Morgan fingerprint density at radius 1 is 0.742 bits per heavy atom. The first-order valence-electron chi connectivity index (χ1n) is 14.0. The summed E-state index contributed by atoms with van der Waals surface area (Å²) in [5.41, 5.74) is 0. The maximum atomic E-state index is 9.34. The number of hydrogen-bond acceptors (Lipinski definition) is 2. The van der Waals surface area contributed by atoms with Gasteiger partial charge in [-0.2, -0.15) is 0 Å². The minimum absolute atomic E-state index is 0.337. The maximum absolute atomic E-state index is 9.34. The van der Waals surface area contributed by atoms with Crippen molar-refractivity contribution < 1.29 is 5.11 Å². The molecule has 0 spiro atoms. The van der Waals surface area contributed by atoms with E-state index in [0.29, 0.717) is 16.8 Å². The van der Waals surface area contributed by atoms with Crippen molar-refractivity contribution in [3.05, 3.63) is 0 Å². The summed E-state index contributed by atoms with van der Waals surface area (Å²) in [6, 6.07) is 0. The zero-order chi connectivity index (χ0) is 23.0. The molecule has 0 aromatic rings. The Morgan fingerprint density at radius 3 is 1.58 bits per heavy atom. The van der Waals surface area contributed by atoms with E-state index in [4.69, 9.17) is 0 Å². The Labute approximate surface area is 205 Å². The monoisotopic (exact) mass is 503 g/mol. The van der Waals surface area contributed by atoms with Gasteiger partial charge < -0.3 is 10.4 Å². The maximum Gasteiger partial charge on any atom is 0.0434 e. The number of unbranched alkanes of at least 4 members (excludes halogenated alkanes) is 15. The predicted octanol–water partition coefficient (Wildman–Crippen LogP) is 9.18. The van der Waals surface area contributed by atoms with Crippen LogP contribution in [0, 0.1) is 5.92 Å². The molecule has 1 saturated carbocycles. The van der Waals surface area contributed by atoms with Crippen LogP contribution in [0.4, 0.5) is 0 Å². The van der Waals surface area contributed by atoms with E-state index in [9.17, 15) is 5.11 Å². The molecule has 0 saturated heterocycles. The van der Waals surface area contributed by atoms with E-state index in [1.54, 1.807) is 0 Å². The summed E-state index contributed by atoms with van der Waals surface area (Å²) >= 11 is 4.10. The number of rotatable bonds is 19. The smallest absolute Gasteiger partial charge is 0.0434 e. The fourth-order valence-electron chi connectivity index (χ4n) is 5.13. The van der Waals surface area contributed by atoms with E-state index < -0.39 is 0 Å². The van der Waals surface area contributed by atoms with Crippen LogP contribution in [-0.2, 0) is 0 Å². The van der Waals surface area contributed by atoms with Crippen molar-refractivity contribution in [2.45, 2.75) is 153 Å². The van der Waals surface area contributed by atoms with Gasteiger partial charge in [0.05, 0.1) is 0 Å². The highest BCUT2D eigenvalue weighted by molar-refractivity contribution is 9.10. The number of aliphatic hydroxyl groups is 1. The van der Waals surface area contributed by atoms with Crippen LogP contribution in [0.5, 0.6) is 0 Å². The summed E-state index contributed by atoms with van der Waals surface area (Å²) in [5, 5.41) is 12.1. The second-order valence-corrected chi connectivity index (χ2v) is 11.6. The minimum atomic E-state index is 0.337. The van der Waals surface area contributed by atoms with Gasteiger partial charge in [0.1, 0.15) is 0 Å². The molecule has 2 nitrogen and oxygen atoms in total. The first-order valence-corrected chi connectivity index (χ1v) is 14.8. The SMILES string of the molecule is CCCCCCCCCCCCCCCCCCC1(Br)CCCCC1CCO.CNC. The number of aliphatic hydroxyl groups excluding tert-OH is 1. The molecule has 0 aromatic heterocycles. The van der Waals surface area contributed by atoms with Crippen molar-refractivity contribution >= 4 is 15.9 Å². The van der Waals surface area contributed by atoms with E-state index in [0.717, 1.165) is 6.42 Å². The van der Waals surface area contributed by atoms with E-state index in [1.807, 2.05) is 14.1 Å². The van der Waals surface area contributed by atoms with Crippen LogP contribution in [0.15, 0.2) is 0 Å². The molecule has 0 aromatic carbocycles. The van der Waals surface area contributed by atoms with E-state index in [1.165, 1.54) is 135 Å². The molecule has 0 radical (unpaired) electrons. The van der Waals surface area contributed by atoms with Crippen LogP contribution in [0.3, 0.4) is 0 Å². The largest absolute Gasteiger partial charge is 0.396 e. The van der Waals surface area contributed by atoms with Gasteiger partial charge in [-0.15, -0.1) is 0 Å². The molecule has 3 heteroatoms. The van der Waals surface area contributed by atoms with Crippen LogP contribution in [0.25, 0.3) is 0 Å². The fourth-order valence-corrected chi connectivity index (χ4v) is 6.15. The third-order valence-electron chi connectivity index (χ3n) is 7.05. The molecule has 1 aliphatic carbocycles. The zero-order valence-electron chi connectivity index (χ0n) is 21.7. The summed E-state index contributed by atoms with van der Waals surface area (Å²) in [4.78, 5) is 0. The Balaban J connectivity index is 0.00000282. The number of halogens is 1. The second kappa shape index (κ2) is 23.6. The zero-order valence-corrected chi connectivity index (χ0v) is 23.3. The molecule has 2 unspecified atom stereocenters. The molecule has 2 atom stereocenters. The number of hydrogen-bond donors (Lipinski definition) is 2. The lowest BCUT2D eigenvalue weighted by atomic mass is 9.75. The second-order valence-electron chi connectivity index (χ2n) is 10.0. The van der Waals surface area contributed by atoms with Gasteiger partial charge in [-0.05, 0) is 45.7 Å². The average Bonchev–Trinajstić information content (AvgIpc) is 2.76. The molecule has 2 N–H and O–H groups in total. The molecule has 1 aliphatic rings. The molecule has 0 bridgehead atoms. The molecule has 1 rings (SSSR count). The summed E-state index contributed by atoms with van der Waals surface area (Å²) in [6.07, 6.45) is 30.7. The van der Waals surface area contributed by atoms with Gasteiger partial charge in [-0.1, -0.05) is 138 Å². The minimum Gasteiger partial charge on any atom is -0.396 e. The van der Waals surface area contributed by atoms with Crippen molar-refractivity contribution in [3.63, 3.8) is 0 Å². The lowest BCUT2D eigenvalue weighted by molar-refractivity contribution is 0.191. The van der Waals surface area contributed by atoms with Gasteiger partial charge in [0.15, 0.2) is 0 Å². The first kappa shape index (κ1) is 31.4. The van der Waals surface area contributed by atoms with Gasteiger partial charge in [-0.3, -0.25) is 0 Å². The first-order chi connectivity index (χ1) is 15.1. The normalized spacial score (nSPS) is 21.0. The average molecular weight is 505 g/mol. The molecular formula is C28H58BrNO. The fraction of sp³-hybridized carbons (Fsp3) is 1.00. The van der Waals surface area contributed by atoms with E-state index >= 15 is 0 Å². The summed E-state index contributed by atoms with van der Waals surface area (Å²) < 4.78 is 0.337. The molecule has 0 aliphatic heterocycles. The highest BCUT2D eigenvalue weighted by Crippen LogP contribution is 2.45. The number of nitrogens with one attached hydrogen (secondary N) is 1. The van der Waals surface area contributed by atoms with Crippen LogP contribution in [0.2, 0.25) is 0 Å². The Hall–Kier alpha value is 0.400. The molecular weight excluding hydrogens is 446 g/mol. The molecule has 188 valence electrons. The molecule has 0 heterocycles. The van der Waals surface area contributed by atoms with Crippen molar-refractivity contribution in [1.82, 2.24) is 5.32 Å². The highest BCUT2D eigenvalue weighted by Gasteiger charge is 2.37. The highest BCUT2D eigenvalue weighted by atomic mass is 79.9. The third kappa shape index (κ3) is 18.5. The summed E-state index contributed by atoms with van der Waals surface area (Å²) in [5.74, 6) is 0.697. The number of alkyl halides is 1. The lowest BCUT2D eigenvalue weighted by Crippen LogP contribution is -2.35. The van der Waals surface area contributed by atoms with Gasteiger partial charge in [-0.25, -0.2) is 0 Å². The van der Waals surface area contributed by atoms with Gasteiger partial charge in [0.25, 0.3) is 0 Å². The van der Waals surface area contributed by atoms with Crippen LogP contribution >= 0.6 is 15.9 Å². The Bertz CT molecular complexity index is 350. The quantitative estimate of drug-likeness (QED) is 0.136. The van der Waals surface area contributed by atoms with Crippen LogP contribution in [-0.4, -0.2) is 30.1 Å². The molecule has 31 heavy (non-hydrogen) atoms. The topological polar surface area (TPSA) is 32.3 Å². The van der Waals surface area contributed by atoms with Crippen molar-refractivity contribution in [3.8, 4) is 0 Å². The van der Waals surface area contributed by atoms with Crippen LogP contribution in [0.1, 0.15) is 148 Å². The van der Waals surface area contributed by atoms with Crippen LogP contribution < -0.4 is 5.32 Å². The van der Waals surface area contributed by atoms with E-state index in [-0.39, 0.29) is 0 Å².